The Labute approximate surface area is 142 Å². The molecule has 6 nitrogen and oxygen atoms in total. The number of tetrazole rings is 1. The van der Waals surface area contributed by atoms with Crippen molar-refractivity contribution in [1.29, 1.82) is 0 Å². The molecule has 0 fully saturated rings. The number of nitrogens with zero attached hydrogens (tertiary/aromatic N) is 5. The second-order valence-electron chi connectivity index (χ2n) is 6.16. The van der Waals surface area contributed by atoms with E-state index in [1.165, 1.54) is 17.7 Å². The van der Waals surface area contributed by atoms with E-state index in [-0.39, 0.29) is 0 Å². The zero-order valence-electron chi connectivity index (χ0n) is 14.3. The summed E-state index contributed by atoms with van der Waals surface area (Å²) in [6.07, 6.45) is 6.09. The standard InChI is InChI=1S/C18H24N6/c1-3-8-14(2)18-17(15-9-5-4-6-10-15)19-13-24(18)12-7-11-16-20-22-23-21-16/h4-6,9-10,13-14H,3,7-8,11-12H2,1-2H3,(H,20,21,22,23). The molecule has 24 heavy (non-hydrogen) atoms. The highest BCUT2D eigenvalue weighted by Crippen LogP contribution is 2.31. The third-order valence-corrected chi connectivity index (χ3v) is 4.30. The van der Waals surface area contributed by atoms with Gasteiger partial charge in [0.2, 0.25) is 0 Å². The van der Waals surface area contributed by atoms with Gasteiger partial charge in [-0.15, -0.1) is 10.2 Å². The Morgan fingerprint density at radius 3 is 2.75 bits per heavy atom. The van der Waals surface area contributed by atoms with Gasteiger partial charge in [0, 0.05) is 24.2 Å². The topological polar surface area (TPSA) is 72.3 Å². The van der Waals surface area contributed by atoms with Gasteiger partial charge in [-0.05, 0) is 18.8 Å². The maximum absolute atomic E-state index is 4.72. The number of hydrogen-bond donors (Lipinski definition) is 1. The van der Waals surface area contributed by atoms with Crippen LogP contribution in [0, 0.1) is 0 Å². The molecule has 2 aromatic heterocycles. The molecule has 126 valence electrons. The van der Waals surface area contributed by atoms with E-state index in [0.717, 1.165) is 37.3 Å². The molecule has 1 atom stereocenters. The van der Waals surface area contributed by atoms with Gasteiger partial charge in [-0.25, -0.2) is 4.98 Å². The third-order valence-electron chi connectivity index (χ3n) is 4.30. The van der Waals surface area contributed by atoms with Crippen LogP contribution in [-0.2, 0) is 13.0 Å². The predicted molar refractivity (Wildman–Crippen MR) is 93.5 cm³/mol. The van der Waals surface area contributed by atoms with Gasteiger partial charge in [0.25, 0.3) is 0 Å². The summed E-state index contributed by atoms with van der Waals surface area (Å²) in [5.74, 6) is 1.25. The van der Waals surface area contributed by atoms with E-state index in [4.69, 9.17) is 4.98 Å². The quantitative estimate of drug-likeness (QED) is 0.687. The number of nitrogens with one attached hydrogen (secondary N) is 1. The lowest BCUT2D eigenvalue weighted by atomic mass is 9.97. The molecule has 2 heterocycles. The minimum absolute atomic E-state index is 0.484. The molecule has 0 spiro atoms. The zero-order valence-corrected chi connectivity index (χ0v) is 14.3. The van der Waals surface area contributed by atoms with E-state index in [2.05, 4.69) is 63.3 Å². The first-order valence-electron chi connectivity index (χ1n) is 8.62. The van der Waals surface area contributed by atoms with Crippen molar-refractivity contribution >= 4 is 0 Å². The van der Waals surface area contributed by atoms with Crippen molar-refractivity contribution in [3.05, 3.63) is 48.2 Å². The lowest BCUT2D eigenvalue weighted by Crippen LogP contribution is -2.08. The van der Waals surface area contributed by atoms with E-state index in [9.17, 15) is 0 Å². The maximum Gasteiger partial charge on any atom is 0.174 e. The average molecular weight is 324 g/mol. The summed E-state index contributed by atoms with van der Waals surface area (Å²) in [4.78, 5) is 4.72. The van der Waals surface area contributed by atoms with Gasteiger partial charge in [-0.3, -0.25) is 0 Å². The Balaban J connectivity index is 1.81. The fourth-order valence-corrected chi connectivity index (χ4v) is 3.17. The van der Waals surface area contributed by atoms with Gasteiger partial charge < -0.3 is 4.57 Å². The van der Waals surface area contributed by atoms with Crippen LogP contribution < -0.4 is 0 Å². The van der Waals surface area contributed by atoms with Crippen molar-refractivity contribution in [2.75, 3.05) is 0 Å². The Kier molecular flexibility index (Phi) is 5.36. The van der Waals surface area contributed by atoms with Crippen molar-refractivity contribution in [2.24, 2.45) is 0 Å². The monoisotopic (exact) mass is 324 g/mol. The smallest absolute Gasteiger partial charge is 0.174 e. The number of benzene rings is 1. The molecule has 3 rings (SSSR count). The number of rotatable bonds is 8. The highest BCUT2D eigenvalue weighted by molar-refractivity contribution is 5.62. The molecule has 0 aliphatic carbocycles. The van der Waals surface area contributed by atoms with Gasteiger partial charge >= 0.3 is 0 Å². The number of H-pyrrole nitrogens is 1. The number of hydrogen-bond acceptors (Lipinski definition) is 4. The van der Waals surface area contributed by atoms with Crippen LogP contribution in [0.3, 0.4) is 0 Å². The molecule has 1 aromatic carbocycles. The third kappa shape index (κ3) is 3.69. The van der Waals surface area contributed by atoms with Crippen LogP contribution in [0.15, 0.2) is 36.7 Å². The Morgan fingerprint density at radius 2 is 2.04 bits per heavy atom. The van der Waals surface area contributed by atoms with Gasteiger partial charge in [-0.2, -0.15) is 5.21 Å². The van der Waals surface area contributed by atoms with Crippen LogP contribution in [0.1, 0.15) is 50.5 Å². The minimum Gasteiger partial charge on any atom is -0.334 e. The van der Waals surface area contributed by atoms with Crippen LogP contribution in [-0.4, -0.2) is 30.2 Å². The second-order valence-corrected chi connectivity index (χ2v) is 6.16. The molecule has 1 N–H and O–H groups in total. The Morgan fingerprint density at radius 1 is 1.21 bits per heavy atom. The first-order chi connectivity index (χ1) is 11.8. The second kappa shape index (κ2) is 7.86. The average Bonchev–Trinajstić information content (AvgIpc) is 3.26. The number of imidazole rings is 1. The number of aromatic amines is 1. The first-order valence-corrected chi connectivity index (χ1v) is 8.62. The number of aryl methyl sites for hydroxylation is 2. The molecule has 6 heteroatoms. The Hall–Kier alpha value is -2.50. The molecule has 0 bridgehead atoms. The summed E-state index contributed by atoms with van der Waals surface area (Å²) in [6.45, 7) is 5.44. The molecule has 0 aliphatic heterocycles. The highest BCUT2D eigenvalue weighted by Gasteiger charge is 2.18. The van der Waals surface area contributed by atoms with Gasteiger partial charge in [0.05, 0.1) is 12.0 Å². The zero-order chi connectivity index (χ0) is 16.8. The van der Waals surface area contributed by atoms with E-state index >= 15 is 0 Å². The predicted octanol–water partition coefficient (Wildman–Crippen LogP) is 3.60. The van der Waals surface area contributed by atoms with Crippen LogP contribution >= 0.6 is 0 Å². The van der Waals surface area contributed by atoms with E-state index in [1.54, 1.807) is 0 Å². The van der Waals surface area contributed by atoms with Crippen LogP contribution in [0.25, 0.3) is 11.3 Å². The van der Waals surface area contributed by atoms with Crippen molar-refractivity contribution in [1.82, 2.24) is 30.2 Å². The van der Waals surface area contributed by atoms with Crippen LogP contribution in [0.2, 0.25) is 0 Å². The lowest BCUT2D eigenvalue weighted by molar-refractivity contribution is 0.559. The molecule has 0 saturated carbocycles. The van der Waals surface area contributed by atoms with E-state index in [0.29, 0.717) is 5.92 Å². The normalized spacial score (nSPS) is 12.4. The summed E-state index contributed by atoms with van der Waals surface area (Å²) < 4.78 is 2.29. The Bertz CT molecular complexity index is 732. The first kappa shape index (κ1) is 16.4. The minimum atomic E-state index is 0.484. The summed E-state index contributed by atoms with van der Waals surface area (Å²) >= 11 is 0. The van der Waals surface area contributed by atoms with Crippen molar-refractivity contribution in [3.63, 3.8) is 0 Å². The SMILES string of the molecule is CCCC(C)c1c(-c2ccccc2)ncn1CCCc1nn[nH]n1. The fraction of sp³-hybridized carbons (Fsp3) is 0.444. The molecular formula is C18H24N6. The van der Waals surface area contributed by atoms with E-state index < -0.39 is 0 Å². The molecule has 3 aromatic rings. The van der Waals surface area contributed by atoms with Gasteiger partial charge in [-0.1, -0.05) is 55.8 Å². The van der Waals surface area contributed by atoms with E-state index in [1.807, 2.05) is 12.4 Å². The molecule has 0 radical (unpaired) electrons. The summed E-state index contributed by atoms with van der Waals surface area (Å²) in [6, 6.07) is 10.4. The van der Waals surface area contributed by atoms with Gasteiger partial charge in [0.15, 0.2) is 5.82 Å². The molecule has 0 amide bonds. The van der Waals surface area contributed by atoms with Crippen molar-refractivity contribution in [3.8, 4) is 11.3 Å². The summed E-state index contributed by atoms with van der Waals surface area (Å²) in [5.41, 5.74) is 3.62. The van der Waals surface area contributed by atoms with Gasteiger partial charge in [0.1, 0.15) is 0 Å². The van der Waals surface area contributed by atoms with Crippen LogP contribution in [0.4, 0.5) is 0 Å². The molecule has 0 aliphatic rings. The largest absolute Gasteiger partial charge is 0.334 e. The van der Waals surface area contributed by atoms with Crippen molar-refractivity contribution in [2.45, 2.75) is 52.0 Å². The van der Waals surface area contributed by atoms with Crippen LogP contribution in [0.5, 0.6) is 0 Å². The summed E-state index contributed by atoms with van der Waals surface area (Å²) in [7, 11) is 0. The van der Waals surface area contributed by atoms with Crippen molar-refractivity contribution < 1.29 is 0 Å². The molecule has 1 unspecified atom stereocenters. The maximum atomic E-state index is 4.72. The fourth-order valence-electron chi connectivity index (χ4n) is 3.17. The number of aromatic nitrogens is 6. The molecular weight excluding hydrogens is 300 g/mol. The lowest BCUT2D eigenvalue weighted by Gasteiger charge is -2.16. The summed E-state index contributed by atoms with van der Waals surface area (Å²) in [5, 5.41) is 14.1. The molecule has 0 saturated heterocycles. The highest BCUT2D eigenvalue weighted by atomic mass is 15.5.